The highest BCUT2D eigenvalue weighted by Gasteiger charge is 2.16. The molecule has 0 spiro atoms. The summed E-state index contributed by atoms with van der Waals surface area (Å²) in [5.41, 5.74) is 0.344. The largest absolute Gasteiger partial charge is 0.503 e. The first-order valence-electron chi connectivity index (χ1n) is 6.76. The molecular formula is C14H20N2O6. The van der Waals surface area contributed by atoms with Gasteiger partial charge in [-0.15, -0.1) is 0 Å². The molecule has 22 heavy (non-hydrogen) atoms. The molecule has 0 bridgehead atoms. The van der Waals surface area contributed by atoms with E-state index >= 15 is 0 Å². The molecule has 0 atom stereocenters. The van der Waals surface area contributed by atoms with Crippen molar-refractivity contribution in [3.05, 3.63) is 27.7 Å². The molecule has 122 valence electrons. The zero-order valence-corrected chi connectivity index (χ0v) is 12.6. The normalized spacial score (nSPS) is 10.9. The summed E-state index contributed by atoms with van der Waals surface area (Å²) in [4.78, 5) is 34.5. The molecule has 0 fully saturated rings. The minimum Gasteiger partial charge on any atom is -0.503 e. The van der Waals surface area contributed by atoms with Crippen molar-refractivity contribution in [1.29, 1.82) is 0 Å². The van der Waals surface area contributed by atoms with Crippen LogP contribution < -0.4 is 5.43 Å². The van der Waals surface area contributed by atoms with Crippen molar-refractivity contribution in [3.8, 4) is 5.75 Å². The highest BCUT2D eigenvalue weighted by molar-refractivity contribution is 5.69. The van der Waals surface area contributed by atoms with Crippen LogP contribution >= 0.6 is 0 Å². The van der Waals surface area contributed by atoms with Crippen LogP contribution in [0.15, 0.2) is 10.9 Å². The predicted molar refractivity (Wildman–Crippen MR) is 77.9 cm³/mol. The van der Waals surface area contributed by atoms with Gasteiger partial charge < -0.3 is 19.9 Å². The molecule has 1 aromatic heterocycles. The maximum Gasteiger partial charge on any atom is 0.317 e. The molecule has 1 aromatic rings. The van der Waals surface area contributed by atoms with Gasteiger partial charge in [-0.1, -0.05) is 0 Å². The Kier molecular flexibility index (Phi) is 6.11. The van der Waals surface area contributed by atoms with E-state index in [-0.39, 0.29) is 19.5 Å². The summed E-state index contributed by atoms with van der Waals surface area (Å²) in [5.74, 6) is -2.37. The Hall–Kier alpha value is -2.35. The van der Waals surface area contributed by atoms with E-state index in [0.29, 0.717) is 24.4 Å². The van der Waals surface area contributed by atoms with Gasteiger partial charge in [-0.2, -0.15) is 0 Å². The van der Waals surface area contributed by atoms with Crippen LogP contribution in [0.3, 0.4) is 0 Å². The fourth-order valence-corrected chi connectivity index (χ4v) is 2.22. The van der Waals surface area contributed by atoms with E-state index in [2.05, 4.69) is 0 Å². The molecule has 0 aromatic carbocycles. The smallest absolute Gasteiger partial charge is 0.317 e. The quantitative estimate of drug-likeness (QED) is 0.629. The minimum atomic E-state index is -1.02. The SMILES string of the molecule is Cc1cc(=O)c(O)c(CN(C)CC(=O)O)n1CCCC(=O)O. The molecule has 0 radical (unpaired) electrons. The van der Waals surface area contributed by atoms with E-state index < -0.39 is 23.1 Å². The second-order valence-corrected chi connectivity index (χ2v) is 5.16. The van der Waals surface area contributed by atoms with Gasteiger partial charge in [0.25, 0.3) is 0 Å². The van der Waals surface area contributed by atoms with Crippen molar-refractivity contribution >= 4 is 11.9 Å². The van der Waals surface area contributed by atoms with Crippen molar-refractivity contribution in [1.82, 2.24) is 9.47 Å². The standard InChI is InChI=1S/C14H20N2O6/c1-9-6-11(17)14(22)10(7-15(2)8-13(20)21)16(9)5-3-4-12(18)19/h6,22H,3-5,7-8H2,1-2H3,(H,18,19)(H,20,21). The van der Waals surface area contributed by atoms with E-state index in [9.17, 15) is 19.5 Å². The third-order valence-corrected chi connectivity index (χ3v) is 3.20. The summed E-state index contributed by atoms with van der Waals surface area (Å²) >= 11 is 0. The summed E-state index contributed by atoms with van der Waals surface area (Å²) in [6.07, 6.45) is 0.310. The van der Waals surface area contributed by atoms with Crippen molar-refractivity contribution in [3.63, 3.8) is 0 Å². The second-order valence-electron chi connectivity index (χ2n) is 5.16. The minimum absolute atomic E-state index is 0.0310. The lowest BCUT2D eigenvalue weighted by Crippen LogP contribution is -2.28. The number of aryl methyl sites for hydroxylation is 1. The molecule has 8 nitrogen and oxygen atoms in total. The molecule has 0 aliphatic rings. The Morgan fingerprint density at radius 1 is 1.27 bits per heavy atom. The van der Waals surface area contributed by atoms with E-state index in [0.717, 1.165) is 0 Å². The van der Waals surface area contributed by atoms with Crippen molar-refractivity contribution in [2.24, 2.45) is 0 Å². The number of hydrogen-bond acceptors (Lipinski definition) is 5. The molecule has 1 rings (SSSR count). The molecule has 8 heteroatoms. The van der Waals surface area contributed by atoms with Gasteiger partial charge in [-0.05, 0) is 20.4 Å². The number of likely N-dealkylation sites (N-methyl/N-ethyl adjacent to an activating group) is 1. The fourth-order valence-electron chi connectivity index (χ4n) is 2.22. The van der Waals surface area contributed by atoms with E-state index in [1.165, 1.54) is 11.0 Å². The summed E-state index contributed by atoms with van der Waals surface area (Å²) in [7, 11) is 1.56. The van der Waals surface area contributed by atoms with Crippen LogP contribution in [0.25, 0.3) is 0 Å². The molecule has 0 aliphatic heterocycles. The first kappa shape index (κ1) is 17.7. The lowest BCUT2D eigenvalue weighted by Gasteiger charge is -2.21. The van der Waals surface area contributed by atoms with Crippen LogP contribution in [-0.4, -0.2) is 50.3 Å². The first-order chi connectivity index (χ1) is 10.2. The topological polar surface area (TPSA) is 120 Å². The van der Waals surface area contributed by atoms with Crippen molar-refractivity contribution in [2.75, 3.05) is 13.6 Å². The van der Waals surface area contributed by atoms with Gasteiger partial charge in [-0.25, -0.2) is 0 Å². The van der Waals surface area contributed by atoms with Crippen LogP contribution in [-0.2, 0) is 22.7 Å². The van der Waals surface area contributed by atoms with Gasteiger partial charge in [0, 0.05) is 31.3 Å². The van der Waals surface area contributed by atoms with Crippen LogP contribution in [0.1, 0.15) is 24.2 Å². The molecule has 3 N–H and O–H groups in total. The maximum atomic E-state index is 11.7. The highest BCUT2D eigenvalue weighted by atomic mass is 16.4. The number of carboxylic acid groups (broad SMARTS) is 2. The Morgan fingerprint density at radius 3 is 2.45 bits per heavy atom. The second kappa shape index (κ2) is 7.60. The van der Waals surface area contributed by atoms with Gasteiger partial charge in [0.2, 0.25) is 5.43 Å². The van der Waals surface area contributed by atoms with Gasteiger partial charge in [-0.3, -0.25) is 19.3 Å². The number of aromatic hydroxyl groups is 1. The Bertz CT molecular complexity index is 622. The Balaban J connectivity index is 3.07. The molecule has 0 saturated carbocycles. The van der Waals surface area contributed by atoms with Crippen molar-refractivity contribution < 1.29 is 24.9 Å². The van der Waals surface area contributed by atoms with Gasteiger partial charge in [0.05, 0.1) is 12.2 Å². The molecule has 0 amide bonds. The van der Waals surface area contributed by atoms with E-state index in [1.807, 2.05) is 0 Å². The highest BCUT2D eigenvalue weighted by Crippen LogP contribution is 2.17. The van der Waals surface area contributed by atoms with E-state index in [1.54, 1.807) is 18.5 Å². The number of nitrogens with zero attached hydrogens (tertiary/aromatic N) is 2. The third kappa shape index (κ3) is 4.88. The lowest BCUT2D eigenvalue weighted by atomic mass is 10.2. The average molecular weight is 312 g/mol. The van der Waals surface area contributed by atoms with Crippen LogP contribution in [0.4, 0.5) is 0 Å². The predicted octanol–water partition coefficient (Wildman–Crippen LogP) is 0.244. The summed E-state index contributed by atoms with van der Waals surface area (Å²) in [5, 5.41) is 27.4. The summed E-state index contributed by atoms with van der Waals surface area (Å²) < 4.78 is 1.65. The number of carbonyl (C=O) groups is 2. The Morgan fingerprint density at radius 2 is 1.91 bits per heavy atom. The monoisotopic (exact) mass is 312 g/mol. The molecular weight excluding hydrogens is 292 g/mol. The number of aromatic nitrogens is 1. The van der Waals surface area contributed by atoms with E-state index in [4.69, 9.17) is 10.2 Å². The van der Waals surface area contributed by atoms with Gasteiger partial charge in [0.1, 0.15) is 0 Å². The number of carboxylic acids is 2. The molecule has 0 aliphatic carbocycles. The number of hydrogen-bond donors (Lipinski definition) is 3. The van der Waals surface area contributed by atoms with Gasteiger partial charge >= 0.3 is 11.9 Å². The zero-order valence-electron chi connectivity index (χ0n) is 12.6. The molecule has 0 saturated heterocycles. The number of rotatable bonds is 8. The fraction of sp³-hybridized carbons (Fsp3) is 0.500. The number of pyridine rings is 1. The van der Waals surface area contributed by atoms with Crippen LogP contribution in [0.5, 0.6) is 5.75 Å². The lowest BCUT2D eigenvalue weighted by molar-refractivity contribution is -0.138. The van der Waals surface area contributed by atoms with Crippen LogP contribution in [0.2, 0.25) is 0 Å². The summed E-state index contributed by atoms with van der Waals surface area (Å²) in [6.45, 7) is 1.84. The molecule has 0 unspecified atom stereocenters. The first-order valence-corrected chi connectivity index (χ1v) is 6.76. The summed E-state index contributed by atoms with van der Waals surface area (Å²) in [6, 6.07) is 1.27. The maximum absolute atomic E-state index is 11.7. The Labute approximate surface area is 127 Å². The zero-order chi connectivity index (χ0) is 16.9. The van der Waals surface area contributed by atoms with Gasteiger partial charge in [0.15, 0.2) is 5.75 Å². The molecule has 1 heterocycles. The van der Waals surface area contributed by atoms with Crippen molar-refractivity contribution in [2.45, 2.75) is 32.9 Å². The third-order valence-electron chi connectivity index (χ3n) is 3.20. The van der Waals surface area contributed by atoms with Crippen LogP contribution in [0, 0.1) is 6.92 Å². The number of aliphatic carboxylic acids is 2. The average Bonchev–Trinajstić information content (AvgIpc) is 2.37.